The summed E-state index contributed by atoms with van der Waals surface area (Å²) >= 11 is 6.41. The zero-order valence-corrected chi connectivity index (χ0v) is 15.7. The van der Waals surface area contributed by atoms with Crippen molar-refractivity contribution in [1.29, 1.82) is 0 Å². The Morgan fingerprint density at radius 1 is 1.27 bits per heavy atom. The van der Waals surface area contributed by atoms with Crippen LogP contribution in [0.3, 0.4) is 0 Å². The third-order valence-electron chi connectivity index (χ3n) is 4.12. The van der Waals surface area contributed by atoms with Gasteiger partial charge in [0.25, 0.3) is 5.56 Å². The van der Waals surface area contributed by atoms with Crippen LogP contribution in [-0.2, 0) is 4.74 Å². The van der Waals surface area contributed by atoms with Gasteiger partial charge < -0.3 is 9.47 Å². The van der Waals surface area contributed by atoms with Crippen LogP contribution in [0.1, 0.15) is 18.7 Å². The lowest BCUT2D eigenvalue weighted by atomic mass is 10.1. The maximum Gasteiger partial charge on any atom is 0.273 e. The Morgan fingerprint density at radius 3 is 2.69 bits per heavy atom. The van der Waals surface area contributed by atoms with Crippen LogP contribution in [0.2, 0.25) is 5.02 Å². The normalized spacial score (nSPS) is 12.3. The molecule has 0 aliphatic rings. The second kappa shape index (κ2) is 7.39. The summed E-state index contributed by atoms with van der Waals surface area (Å²) in [5, 5.41) is 0.478. The quantitative estimate of drug-likeness (QED) is 0.683. The number of fused-ring (bicyclic) bond motifs is 1. The summed E-state index contributed by atoms with van der Waals surface area (Å²) in [6, 6.07) is 5.12. The van der Waals surface area contributed by atoms with E-state index < -0.39 is 0 Å². The Kier molecular flexibility index (Phi) is 5.20. The zero-order valence-electron chi connectivity index (χ0n) is 15.0. The lowest BCUT2D eigenvalue weighted by Gasteiger charge is -2.18. The van der Waals surface area contributed by atoms with Gasteiger partial charge in [0.05, 0.1) is 24.8 Å². The average Bonchev–Trinajstić information content (AvgIpc) is 2.62. The fourth-order valence-corrected chi connectivity index (χ4v) is 3.13. The predicted molar refractivity (Wildman–Crippen MR) is 99.9 cm³/mol. The highest BCUT2D eigenvalue weighted by Gasteiger charge is 2.19. The number of methoxy groups -OCH3 is 2. The van der Waals surface area contributed by atoms with E-state index in [2.05, 4.69) is 15.0 Å². The van der Waals surface area contributed by atoms with Gasteiger partial charge in [-0.1, -0.05) is 11.6 Å². The van der Waals surface area contributed by atoms with Crippen molar-refractivity contribution >= 4 is 22.8 Å². The van der Waals surface area contributed by atoms with E-state index >= 15 is 0 Å². The molecule has 0 radical (unpaired) electrons. The number of rotatable bonds is 5. The van der Waals surface area contributed by atoms with Gasteiger partial charge in [0.2, 0.25) is 0 Å². The predicted octanol–water partition coefficient (Wildman–Crippen LogP) is 3.03. The molecule has 1 aromatic carbocycles. The number of nitrogens with zero attached hydrogens (tertiary/aromatic N) is 4. The van der Waals surface area contributed by atoms with Crippen molar-refractivity contribution in [3.05, 3.63) is 45.6 Å². The van der Waals surface area contributed by atoms with E-state index in [-0.39, 0.29) is 11.6 Å². The number of benzene rings is 1. The topological polar surface area (TPSA) is 79.1 Å². The molecular weight excluding hydrogens is 356 g/mol. The number of aromatic nitrogens is 4. The molecule has 1 unspecified atom stereocenters. The summed E-state index contributed by atoms with van der Waals surface area (Å²) in [7, 11) is 3.17. The first-order chi connectivity index (χ1) is 12.5. The maximum atomic E-state index is 12.6. The van der Waals surface area contributed by atoms with Crippen molar-refractivity contribution in [2.24, 2.45) is 0 Å². The van der Waals surface area contributed by atoms with Gasteiger partial charge in [0.1, 0.15) is 29.0 Å². The van der Waals surface area contributed by atoms with E-state index in [0.29, 0.717) is 45.5 Å². The number of aryl methyl sites for hydroxylation is 1. The van der Waals surface area contributed by atoms with E-state index in [4.69, 9.17) is 21.1 Å². The molecule has 3 aromatic rings. The molecule has 0 saturated carbocycles. The van der Waals surface area contributed by atoms with Crippen LogP contribution in [0.25, 0.3) is 22.4 Å². The molecular formula is C18H19ClN4O3. The van der Waals surface area contributed by atoms with Crippen molar-refractivity contribution in [2.45, 2.75) is 19.9 Å². The molecule has 0 aliphatic carbocycles. The minimum Gasteiger partial charge on any atom is -0.497 e. The summed E-state index contributed by atoms with van der Waals surface area (Å²) < 4.78 is 12.0. The van der Waals surface area contributed by atoms with Crippen molar-refractivity contribution in [3.8, 4) is 17.0 Å². The van der Waals surface area contributed by atoms with Gasteiger partial charge in [-0.2, -0.15) is 0 Å². The molecule has 2 aromatic heterocycles. The van der Waals surface area contributed by atoms with E-state index in [9.17, 15) is 4.79 Å². The lowest BCUT2D eigenvalue weighted by molar-refractivity contribution is 0.162. The lowest BCUT2D eigenvalue weighted by Crippen LogP contribution is -2.29. The van der Waals surface area contributed by atoms with E-state index in [1.54, 1.807) is 37.8 Å². The Hall–Kier alpha value is -2.51. The van der Waals surface area contributed by atoms with Gasteiger partial charge in [-0.25, -0.2) is 15.0 Å². The molecule has 0 bridgehead atoms. The Bertz CT molecular complexity index is 1020. The van der Waals surface area contributed by atoms with E-state index in [1.807, 2.05) is 13.0 Å². The first-order valence-corrected chi connectivity index (χ1v) is 8.42. The highest BCUT2D eigenvalue weighted by molar-refractivity contribution is 6.33. The van der Waals surface area contributed by atoms with Gasteiger partial charge in [0.15, 0.2) is 5.65 Å². The number of hydrogen-bond donors (Lipinski definition) is 0. The van der Waals surface area contributed by atoms with Crippen LogP contribution >= 0.6 is 11.6 Å². The first kappa shape index (κ1) is 18.3. The van der Waals surface area contributed by atoms with E-state index in [0.717, 1.165) is 0 Å². The summed E-state index contributed by atoms with van der Waals surface area (Å²) in [6.07, 6.45) is 1.41. The highest BCUT2D eigenvalue weighted by Crippen LogP contribution is 2.33. The molecule has 0 N–H and O–H groups in total. The van der Waals surface area contributed by atoms with Crippen LogP contribution in [0, 0.1) is 6.92 Å². The number of halogens is 1. The molecule has 0 fully saturated rings. The Labute approximate surface area is 155 Å². The fourth-order valence-electron chi connectivity index (χ4n) is 2.87. The minimum absolute atomic E-state index is 0.201. The second-order valence-electron chi connectivity index (χ2n) is 5.92. The second-order valence-corrected chi connectivity index (χ2v) is 6.32. The van der Waals surface area contributed by atoms with Gasteiger partial charge in [0, 0.05) is 12.7 Å². The molecule has 8 heteroatoms. The summed E-state index contributed by atoms with van der Waals surface area (Å²) in [5.41, 5.74) is 2.37. The summed E-state index contributed by atoms with van der Waals surface area (Å²) in [6.45, 7) is 3.94. The van der Waals surface area contributed by atoms with Gasteiger partial charge in [-0.15, -0.1) is 0 Å². The van der Waals surface area contributed by atoms with Crippen molar-refractivity contribution < 1.29 is 9.47 Å². The first-order valence-electron chi connectivity index (χ1n) is 8.04. The van der Waals surface area contributed by atoms with Crippen molar-refractivity contribution in [3.63, 3.8) is 0 Å². The van der Waals surface area contributed by atoms with Gasteiger partial charge in [-0.05, 0) is 32.0 Å². The molecule has 3 rings (SSSR count). The third-order valence-corrected chi connectivity index (χ3v) is 4.43. The smallest absolute Gasteiger partial charge is 0.273 e. The van der Waals surface area contributed by atoms with E-state index in [1.165, 1.54) is 6.33 Å². The van der Waals surface area contributed by atoms with Crippen LogP contribution in [0.4, 0.5) is 0 Å². The summed E-state index contributed by atoms with van der Waals surface area (Å²) in [5.74, 6) is 0.645. The zero-order chi connectivity index (χ0) is 18.8. The molecule has 136 valence electrons. The van der Waals surface area contributed by atoms with Crippen molar-refractivity contribution in [1.82, 2.24) is 19.5 Å². The fraction of sp³-hybridized carbons (Fsp3) is 0.333. The summed E-state index contributed by atoms with van der Waals surface area (Å²) in [4.78, 5) is 25.8. The van der Waals surface area contributed by atoms with Crippen LogP contribution in [0.5, 0.6) is 5.75 Å². The van der Waals surface area contributed by atoms with Crippen LogP contribution in [-0.4, -0.2) is 40.3 Å². The molecule has 0 aliphatic heterocycles. The molecule has 0 saturated heterocycles. The largest absolute Gasteiger partial charge is 0.497 e. The highest BCUT2D eigenvalue weighted by atomic mass is 35.5. The van der Waals surface area contributed by atoms with Crippen molar-refractivity contribution in [2.75, 3.05) is 20.8 Å². The van der Waals surface area contributed by atoms with Crippen LogP contribution < -0.4 is 10.3 Å². The average molecular weight is 375 g/mol. The monoisotopic (exact) mass is 374 g/mol. The molecule has 2 heterocycles. The van der Waals surface area contributed by atoms with Gasteiger partial charge in [-0.3, -0.25) is 9.36 Å². The minimum atomic E-state index is -0.203. The number of ether oxygens (including phenoxy) is 2. The maximum absolute atomic E-state index is 12.6. The molecule has 0 amide bonds. The standard InChI is InChI=1S/C18H19ClN4O3/c1-10(8-25-3)23-17-16(22-11(2)18(23)24)15(20-9-21-17)13-6-5-12(26-4)7-14(13)19/h5-7,9-10H,8H2,1-4H3. The SMILES string of the molecule is COCC(C)n1c(=O)c(C)nc2c(-c3ccc(OC)cc3Cl)ncnc21. The third kappa shape index (κ3) is 3.15. The molecule has 7 nitrogen and oxygen atoms in total. The number of hydrogen-bond acceptors (Lipinski definition) is 6. The Morgan fingerprint density at radius 2 is 2.04 bits per heavy atom. The van der Waals surface area contributed by atoms with Gasteiger partial charge >= 0.3 is 0 Å². The molecule has 26 heavy (non-hydrogen) atoms. The molecule has 1 atom stereocenters. The molecule has 0 spiro atoms. The Balaban J connectivity index is 2.31. The van der Waals surface area contributed by atoms with Crippen LogP contribution in [0.15, 0.2) is 29.3 Å².